The molecule has 7 nitrogen and oxygen atoms in total. The molecule has 1 aromatic heterocycles. The summed E-state index contributed by atoms with van der Waals surface area (Å²) in [7, 11) is 3.18. The van der Waals surface area contributed by atoms with Gasteiger partial charge in [0.2, 0.25) is 11.8 Å². The number of carbonyl (C=O) groups excluding carboxylic acids is 2. The highest BCUT2D eigenvalue weighted by Gasteiger charge is 2.30. The molecule has 1 aliphatic rings. The number of benzene rings is 2. The third-order valence-electron chi connectivity index (χ3n) is 5.21. The van der Waals surface area contributed by atoms with Gasteiger partial charge in [0.05, 0.1) is 32.7 Å². The van der Waals surface area contributed by atoms with E-state index in [0.29, 0.717) is 17.3 Å². The van der Waals surface area contributed by atoms with Crippen LogP contribution < -0.4 is 19.7 Å². The van der Waals surface area contributed by atoms with Gasteiger partial charge in [-0.25, -0.2) is 0 Å². The first-order chi connectivity index (χ1) is 15.6. The van der Waals surface area contributed by atoms with Gasteiger partial charge in [0.25, 0.3) is 0 Å². The minimum Gasteiger partial charge on any atom is -0.493 e. The summed E-state index contributed by atoms with van der Waals surface area (Å²) < 4.78 is 16.0. The molecule has 32 heavy (non-hydrogen) atoms. The van der Waals surface area contributed by atoms with Gasteiger partial charge < -0.3 is 24.1 Å². The van der Waals surface area contributed by atoms with Crippen LogP contribution in [0.25, 0.3) is 0 Å². The summed E-state index contributed by atoms with van der Waals surface area (Å²) in [4.78, 5) is 28.4. The van der Waals surface area contributed by atoms with Crippen molar-refractivity contribution in [1.82, 2.24) is 5.32 Å². The Bertz CT molecular complexity index is 1100. The number of ether oxygens (including phenoxy) is 2. The zero-order valence-electron chi connectivity index (χ0n) is 17.9. The molecule has 2 amide bonds. The number of hydrogen-bond acceptors (Lipinski definition) is 6. The first kappa shape index (κ1) is 21.8. The lowest BCUT2D eigenvalue weighted by atomic mass is 10.1. The number of thioether (sulfide) groups is 1. The lowest BCUT2D eigenvalue weighted by molar-refractivity contribution is -0.124. The van der Waals surface area contributed by atoms with Crippen LogP contribution >= 0.6 is 11.8 Å². The number of para-hydroxylation sites is 1. The third-order valence-corrected chi connectivity index (χ3v) is 6.53. The van der Waals surface area contributed by atoms with Crippen LogP contribution in [0.1, 0.15) is 23.0 Å². The minimum absolute atomic E-state index is 0.0598. The van der Waals surface area contributed by atoms with E-state index < -0.39 is 0 Å². The van der Waals surface area contributed by atoms with Crippen LogP contribution in [-0.4, -0.2) is 32.6 Å². The molecule has 2 heterocycles. The zero-order chi connectivity index (χ0) is 22.5. The Balaban J connectivity index is 1.56. The largest absolute Gasteiger partial charge is 0.493 e. The molecule has 1 N–H and O–H groups in total. The SMILES string of the molecule is COc1ccc(C2CC(=O)N(CC(=O)NCc3ccco3)c3ccccc3S2)cc1OC. The molecule has 1 atom stereocenters. The molecule has 4 rings (SSSR count). The highest BCUT2D eigenvalue weighted by molar-refractivity contribution is 7.99. The number of methoxy groups -OCH3 is 2. The fraction of sp³-hybridized carbons (Fsp3) is 0.250. The summed E-state index contributed by atoms with van der Waals surface area (Å²) in [5, 5.41) is 2.69. The number of furan rings is 1. The van der Waals surface area contributed by atoms with Crippen LogP contribution in [0.4, 0.5) is 5.69 Å². The second-order valence-corrected chi connectivity index (χ2v) is 8.47. The van der Waals surface area contributed by atoms with Crippen LogP contribution in [0, 0.1) is 0 Å². The summed E-state index contributed by atoms with van der Waals surface area (Å²) in [6, 6.07) is 16.9. The molecule has 0 bridgehead atoms. The molecule has 2 aromatic carbocycles. The molecule has 1 aliphatic heterocycles. The number of carbonyl (C=O) groups is 2. The summed E-state index contributed by atoms with van der Waals surface area (Å²) in [6.45, 7) is 0.217. The fourth-order valence-corrected chi connectivity index (χ4v) is 4.86. The zero-order valence-corrected chi connectivity index (χ0v) is 18.7. The number of rotatable bonds is 7. The van der Waals surface area contributed by atoms with E-state index in [4.69, 9.17) is 13.9 Å². The monoisotopic (exact) mass is 452 g/mol. The van der Waals surface area contributed by atoms with Crippen LogP contribution in [0.2, 0.25) is 0 Å². The standard InChI is InChI=1S/C24H24N2O5S/c1-29-19-10-9-16(12-20(19)30-2)22-13-24(28)26(18-7-3-4-8-21(18)32-22)15-23(27)25-14-17-6-5-11-31-17/h3-12,22H,13-15H2,1-2H3,(H,25,27). The summed E-state index contributed by atoms with van der Waals surface area (Å²) in [5.74, 6) is 1.54. The van der Waals surface area contributed by atoms with Gasteiger partial charge in [-0.05, 0) is 42.0 Å². The lowest BCUT2D eigenvalue weighted by Gasteiger charge is -2.22. The Hall–Kier alpha value is -3.39. The summed E-state index contributed by atoms with van der Waals surface area (Å²) in [5.41, 5.74) is 1.69. The highest BCUT2D eigenvalue weighted by atomic mass is 32.2. The molecule has 166 valence electrons. The van der Waals surface area contributed by atoms with Crippen molar-refractivity contribution in [3.63, 3.8) is 0 Å². The predicted molar refractivity (Wildman–Crippen MR) is 122 cm³/mol. The first-order valence-corrected chi connectivity index (χ1v) is 11.0. The maximum absolute atomic E-state index is 13.3. The maximum atomic E-state index is 13.3. The van der Waals surface area contributed by atoms with Crippen molar-refractivity contribution in [2.75, 3.05) is 25.7 Å². The van der Waals surface area contributed by atoms with E-state index in [1.165, 1.54) is 0 Å². The quantitative estimate of drug-likeness (QED) is 0.579. The van der Waals surface area contributed by atoms with E-state index in [0.717, 1.165) is 16.1 Å². The van der Waals surface area contributed by atoms with E-state index in [2.05, 4.69) is 5.32 Å². The van der Waals surface area contributed by atoms with Gasteiger partial charge >= 0.3 is 0 Å². The van der Waals surface area contributed by atoms with Gasteiger partial charge in [-0.2, -0.15) is 0 Å². The number of nitrogens with one attached hydrogen (secondary N) is 1. The molecule has 0 spiro atoms. The summed E-state index contributed by atoms with van der Waals surface area (Å²) in [6.07, 6.45) is 1.81. The van der Waals surface area contributed by atoms with Crippen molar-refractivity contribution < 1.29 is 23.5 Å². The number of amides is 2. The van der Waals surface area contributed by atoms with Crippen LogP contribution in [0.3, 0.4) is 0 Å². The Labute approximate surface area is 190 Å². The van der Waals surface area contributed by atoms with Gasteiger partial charge in [-0.1, -0.05) is 18.2 Å². The van der Waals surface area contributed by atoms with E-state index >= 15 is 0 Å². The van der Waals surface area contributed by atoms with Gasteiger partial charge in [0.15, 0.2) is 11.5 Å². The van der Waals surface area contributed by atoms with Crippen LogP contribution in [0.15, 0.2) is 70.2 Å². The number of hydrogen-bond donors (Lipinski definition) is 1. The van der Waals surface area contributed by atoms with Gasteiger partial charge in [-0.3, -0.25) is 9.59 Å². The molecular formula is C24H24N2O5S. The van der Waals surface area contributed by atoms with Gasteiger partial charge in [-0.15, -0.1) is 11.8 Å². The Kier molecular flexibility index (Phi) is 6.70. The van der Waals surface area contributed by atoms with E-state index in [9.17, 15) is 9.59 Å². The Morgan fingerprint density at radius 1 is 1.12 bits per heavy atom. The predicted octanol–water partition coefficient (Wildman–Crippen LogP) is 4.18. The van der Waals surface area contributed by atoms with Gasteiger partial charge in [0, 0.05) is 16.6 Å². The normalized spacial score (nSPS) is 15.6. The minimum atomic E-state index is -0.251. The van der Waals surface area contributed by atoms with Gasteiger partial charge in [0.1, 0.15) is 12.3 Å². The molecule has 0 saturated carbocycles. The molecular weight excluding hydrogens is 428 g/mol. The van der Waals surface area contributed by atoms with Crippen molar-refractivity contribution in [2.45, 2.75) is 23.1 Å². The van der Waals surface area contributed by atoms with E-state index in [1.54, 1.807) is 49.3 Å². The molecule has 3 aromatic rings. The van der Waals surface area contributed by atoms with E-state index in [1.807, 2.05) is 42.5 Å². The molecule has 1 unspecified atom stereocenters. The Morgan fingerprint density at radius 2 is 1.94 bits per heavy atom. The van der Waals surface area contributed by atoms with Crippen molar-refractivity contribution in [3.8, 4) is 11.5 Å². The number of fused-ring (bicyclic) bond motifs is 1. The van der Waals surface area contributed by atoms with Crippen molar-refractivity contribution in [1.29, 1.82) is 0 Å². The fourth-order valence-electron chi connectivity index (χ4n) is 3.59. The van der Waals surface area contributed by atoms with Crippen molar-refractivity contribution >= 4 is 29.3 Å². The molecule has 0 aliphatic carbocycles. The summed E-state index contributed by atoms with van der Waals surface area (Å²) >= 11 is 1.60. The lowest BCUT2D eigenvalue weighted by Crippen LogP contribution is -2.40. The molecule has 0 fully saturated rings. The first-order valence-electron chi connectivity index (χ1n) is 10.2. The Morgan fingerprint density at radius 3 is 2.69 bits per heavy atom. The average Bonchev–Trinajstić information content (AvgIpc) is 3.30. The second-order valence-electron chi connectivity index (χ2n) is 7.23. The van der Waals surface area contributed by atoms with Crippen molar-refractivity contribution in [2.24, 2.45) is 0 Å². The van der Waals surface area contributed by atoms with Crippen LogP contribution in [0.5, 0.6) is 11.5 Å². The second kappa shape index (κ2) is 9.82. The van der Waals surface area contributed by atoms with Crippen molar-refractivity contribution in [3.05, 3.63) is 72.2 Å². The number of nitrogens with zero attached hydrogens (tertiary/aromatic N) is 1. The topological polar surface area (TPSA) is 81.0 Å². The highest BCUT2D eigenvalue weighted by Crippen LogP contribution is 2.46. The maximum Gasteiger partial charge on any atom is 0.240 e. The van der Waals surface area contributed by atoms with Crippen LogP contribution in [-0.2, 0) is 16.1 Å². The smallest absolute Gasteiger partial charge is 0.240 e. The van der Waals surface area contributed by atoms with E-state index in [-0.39, 0.29) is 36.6 Å². The molecule has 0 saturated heterocycles. The average molecular weight is 453 g/mol. The number of anilines is 1. The third kappa shape index (κ3) is 4.75. The molecule has 0 radical (unpaired) electrons. The molecule has 8 heteroatoms.